The maximum atomic E-state index is 9.01. The lowest BCUT2D eigenvalue weighted by Gasteiger charge is -2.09. The molecule has 0 unspecified atom stereocenters. The molecule has 0 bridgehead atoms. The number of nitrogens with two attached hydrogens (primary N) is 1. The number of para-hydroxylation sites is 1. The highest BCUT2D eigenvalue weighted by Gasteiger charge is 2.06. The van der Waals surface area contributed by atoms with E-state index in [2.05, 4.69) is 10.1 Å². The fourth-order valence-corrected chi connectivity index (χ4v) is 1.69. The number of hydrogen-bond donors (Lipinski definition) is 3. The lowest BCUT2D eigenvalue weighted by molar-refractivity contribution is 0.297. The average molecular weight is 273 g/mol. The van der Waals surface area contributed by atoms with Crippen LogP contribution in [0.2, 0.25) is 0 Å². The van der Waals surface area contributed by atoms with Gasteiger partial charge in [0.15, 0.2) is 5.84 Å². The number of aromatic nitrogens is 1. The van der Waals surface area contributed by atoms with E-state index in [0.717, 1.165) is 5.56 Å². The Balaban J connectivity index is 2.18. The largest absolute Gasteiger partial charge is 0.439 e. The Morgan fingerprint density at radius 1 is 1.25 bits per heavy atom. The third kappa shape index (κ3) is 3.24. The minimum absolute atomic E-state index is 0.00951. The molecule has 0 aliphatic carbocycles. The maximum Gasteiger partial charge on any atom is 0.219 e. The minimum atomic E-state index is -0.00951. The fourth-order valence-electron chi connectivity index (χ4n) is 1.69. The summed E-state index contributed by atoms with van der Waals surface area (Å²) in [5.41, 5.74) is 6.86. The highest BCUT2D eigenvalue weighted by molar-refractivity contribution is 5.96. The summed E-state index contributed by atoms with van der Waals surface area (Å²) in [4.78, 5) is 4.09. The fraction of sp³-hybridized carbons (Fsp3) is 0.143. The van der Waals surface area contributed by atoms with E-state index in [4.69, 9.17) is 20.8 Å². The summed E-state index contributed by atoms with van der Waals surface area (Å²) in [6.07, 6.45) is 1.97. The van der Waals surface area contributed by atoms with Crippen LogP contribution in [-0.4, -0.2) is 27.7 Å². The van der Waals surface area contributed by atoms with Crippen LogP contribution < -0.4 is 10.5 Å². The smallest absolute Gasteiger partial charge is 0.219 e. The number of aliphatic hydroxyl groups excluding tert-OH is 1. The van der Waals surface area contributed by atoms with Crippen LogP contribution in [0.1, 0.15) is 11.1 Å². The molecule has 20 heavy (non-hydrogen) atoms. The van der Waals surface area contributed by atoms with Gasteiger partial charge in [-0.15, -0.1) is 0 Å². The van der Waals surface area contributed by atoms with Gasteiger partial charge < -0.3 is 20.8 Å². The molecule has 0 aliphatic rings. The summed E-state index contributed by atoms with van der Waals surface area (Å²) in [5.74, 6) is 1.03. The van der Waals surface area contributed by atoms with E-state index in [1.165, 1.54) is 6.20 Å². The molecule has 6 nitrogen and oxygen atoms in total. The molecule has 0 amide bonds. The number of aliphatic hydroxyl groups is 1. The zero-order valence-corrected chi connectivity index (χ0v) is 10.7. The normalized spacial score (nSPS) is 11.3. The lowest BCUT2D eigenvalue weighted by Crippen LogP contribution is -2.13. The standard InChI is InChI=1S/C14H15N3O3/c15-14(17-19)11-5-6-13(16-9-11)20-12-4-2-1-3-10(12)7-8-18/h1-6,9,18-19H,7-8H2,(H2,15,17). The van der Waals surface area contributed by atoms with Gasteiger partial charge in [0.1, 0.15) is 5.75 Å². The first-order valence-electron chi connectivity index (χ1n) is 6.05. The van der Waals surface area contributed by atoms with Crippen LogP contribution in [0.3, 0.4) is 0 Å². The van der Waals surface area contributed by atoms with Crippen molar-refractivity contribution in [2.24, 2.45) is 10.9 Å². The summed E-state index contributed by atoms with van der Waals surface area (Å²) in [6, 6.07) is 10.7. The van der Waals surface area contributed by atoms with Crippen LogP contribution in [0.5, 0.6) is 11.6 Å². The predicted octanol–water partition coefficient (Wildman–Crippen LogP) is 1.50. The first kappa shape index (κ1) is 13.8. The van der Waals surface area contributed by atoms with E-state index >= 15 is 0 Å². The molecule has 1 heterocycles. The number of oxime groups is 1. The molecule has 0 fully saturated rings. The third-order valence-electron chi connectivity index (χ3n) is 2.71. The highest BCUT2D eigenvalue weighted by Crippen LogP contribution is 2.24. The number of nitrogens with zero attached hydrogens (tertiary/aromatic N) is 2. The summed E-state index contributed by atoms with van der Waals surface area (Å²) >= 11 is 0. The van der Waals surface area contributed by atoms with Crippen LogP contribution >= 0.6 is 0 Å². The van der Waals surface area contributed by atoms with E-state index in [1.807, 2.05) is 24.3 Å². The molecule has 0 saturated heterocycles. The molecule has 1 aromatic heterocycles. The van der Waals surface area contributed by atoms with Crippen LogP contribution in [0.25, 0.3) is 0 Å². The Hall–Kier alpha value is -2.60. The van der Waals surface area contributed by atoms with Crippen LogP contribution in [-0.2, 0) is 6.42 Å². The minimum Gasteiger partial charge on any atom is -0.439 e. The molecular weight excluding hydrogens is 258 g/mol. The van der Waals surface area contributed by atoms with Crippen LogP contribution in [0, 0.1) is 0 Å². The van der Waals surface area contributed by atoms with Crippen molar-refractivity contribution in [2.75, 3.05) is 6.61 Å². The number of benzene rings is 1. The van der Waals surface area contributed by atoms with Gasteiger partial charge in [-0.1, -0.05) is 23.4 Å². The first-order valence-corrected chi connectivity index (χ1v) is 6.05. The van der Waals surface area contributed by atoms with Gasteiger partial charge in [0.05, 0.1) is 0 Å². The van der Waals surface area contributed by atoms with Crippen molar-refractivity contribution in [1.82, 2.24) is 4.98 Å². The molecule has 0 radical (unpaired) electrons. The molecular formula is C14H15N3O3. The Kier molecular flexibility index (Phi) is 4.52. The van der Waals surface area contributed by atoms with E-state index in [9.17, 15) is 0 Å². The number of amidine groups is 1. The van der Waals surface area contributed by atoms with Crippen molar-refractivity contribution >= 4 is 5.84 Å². The van der Waals surface area contributed by atoms with Crippen LogP contribution in [0.4, 0.5) is 0 Å². The molecule has 4 N–H and O–H groups in total. The van der Waals surface area contributed by atoms with E-state index in [0.29, 0.717) is 23.6 Å². The molecule has 1 aromatic carbocycles. The van der Waals surface area contributed by atoms with E-state index < -0.39 is 0 Å². The lowest BCUT2D eigenvalue weighted by atomic mass is 10.1. The third-order valence-corrected chi connectivity index (χ3v) is 2.71. The van der Waals surface area contributed by atoms with Crippen molar-refractivity contribution < 1.29 is 15.1 Å². The molecule has 6 heteroatoms. The molecule has 2 rings (SSSR count). The second kappa shape index (κ2) is 6.53. The topological polar surface area (TPSA) is 101 Å². The van der Waals surface area contributed by atoms with Gasteiger partial charge in [-0.3, -0.25) is 0 Å². The van der Waals surface area contributed by atoms with Gasteiger partial charge in [0.2, 0.25) is 5.88 Å². The molecule has 0 aliphatic heterocycles. The first-order chi connectivity index (χ1) is 9.74. The molecule has 0 atom stereocenters. The monoisotopic (exact) mass is 273 g/mol. The van der Waals surface area contributed by atoms with Crippen molar-refractivity contribution in [3.63, 3.8) is 0 Å². The number of ether oxygens (including phenoxy) is 1. The Morgan fingerprint density at radius 2 is 2.05 bits per heavy atom. The second-order valence-corrected chi connectivity index (χ2v) is 4.05. The number of pyridine rings is 1. The van der Waals surface area contributed by atoms with Gasteiger partial charge in [0.25, 0.3) is 0 Å². The quantitative estimate of drug-likeness (QED) is 0.332. The summed E-state index contributed by atoms with van der Waals surface area (Å²) in [5, 5.41) is 20.5. The Morgan fingerprint density at radius 3 is 2.70 bits per heavy atom. The Bertz CT molecular complexity index is 597. The van der Waals surface area contributed by atoms with E-state index in [1.54, 1.807) is 12.1 Å². The molecule has 2 aromatic rings. The van der Waals surface area contributed by atoms with Crippen molar-refractivity contribution in [3.8, 4) is 11.6 Å². The predicted molar refractivity (Wildman–Crippen MR) is 74.1 cm³/mol. The van der Waals surface area contributed by atoms with Crippen molar-refractivity contribution in [1.29, 1.82) is 0 Å². The highest BCUT2D eigenvalue weighted by atomic mass is 16.5. The van der Waals surface area contributed by atoms with Gasteiger partial charge in [-0.25, -0.2) is 4.98 Å². The maximum absolute atomic E-state index is 9.01. The second-order valence-electron chi connectivity index (χ2n) is 4.05. The Labute approximate surface area is 116 Å². The molecule has 104 valence electrons. The summed E-state index contributed by atoms with van der Waals surface area (Å²) < 4.78 is 5.67. The molecule has 0 spiro atoms. The number of hydrogen-bond acceptors (Lipinski definition) is 5. The summed E-state index contributed by atoms with van der Waals surface area (Å²) in [6.45, 7) is 0.0518. The zero-order valence-electron chi connectivity index (χ0n) is 10.7. The average Bonchev–Trinajstić information content (AvgIpc) is 2.49. The SMILES string of the molecule is N/C(=N/O)c1ccc(Oc2ccccc2CCO)nc1. The van der Waals surface area contributed by atoms with Gasteiger partial charge in [0, 0.05) is 24.4 Å². The van der Waals surface area contributed by atoms with Crippen LogP contribution in [0.15, 0.2) is 47.8 Å². The van der Waals surface area contributed by atoms with E-state index in [-0.39, 0.29) is 12.4 Å². The molecule has 0 saturated carbocycles. The summed E-state index contributed by atoms with van der Waals surface area (Å²) in [7, 11) is 0. The zero-order chi connectivity index (χ0) is 14.4. The van der Waals surface area contributed by atoms with Gasteiger partial charge in [-0.05, 0) is 24.1 Å². The van der Waals surface area contributed by atoms with Crippen molar-refractivity contribution in [2.45, 2.75) is 6.42 Å². The van der Waals surface area contributed by atoms with Gasteiger partial charge >= 0.3 is 0 Å². The van der Waals surface area contributed by atoms with Gasteiger partial charge in [-0.2, -0.15) is 0 Å². The van der Waals surface area contributed by atoms with Crippen molar-refractivity contribution in [3.05, 3.63) is 53.7 Å². The number of rotatable bonds is 5.